The Balaban J connectivity index is -0.000000500. The summed E-state index contributed by atoms with van der Waals surface area (Å²) in [4.78, 5) is 3.67. The topological polar surface area (TPSA) is 47.4 Å². The quantitative estimate of drug-likeness (QED) is 0.176. The maximum Gasteiger partial charge on any atom is 2.00 e. The van der Waals surface area contributed by atoms with Crippen molar-refractivity contribution in [2.75, 3.05) is 31.1 Å². The second kappa shape index (κ2) is 16.7. The van der Waals surface area contributed by atoms with Crippen LogP contribution in [0.15, 0.2) is 4.99 Å². The number of aliphatic imine (C=N–C) groups is 1. The fourth-order valence-electron chi connectivity index (χ4n) is 0.494. The van der Waals surface area contributed by atoms with Crippen LogP contribution < -0.4 is 61.8 Å². The molecular weight excluding hydrogens is 278 g/mol. The summed E-state index contributed by atoms with van der Waals surface area (Å²) in [6, 6.07) is 0. The molecule has 0 unspecified atom stereocenters. The van der Waals surface area contributed by atoms with Crippen molar-refractivity contribution in [3.05, 3.63) is 0 Å². The Morgan fingerprint density at radius 3 is 2.38 bits per heavy atom. The Morgan fingerprint density at radius 2 is 1.92 bits per heavy atom. The van der Waals surface area contributed by atoms with Gasteiger partial charge < -0.3 is 40.7 Å². The first kappa shape index (κ1) is 20.6. The average molecular weight is 289 g/mol. The van der Waals surface area contributed by atoms with Crippen molar-refractivity contribution in [3.63, 3.8) is 0 Å². The van der Waals surface area contributed by atoms with E-state index in [-0.39, 0.29) is 80.3 Å². The molecule has 0 spiro atoms. The van der Waals surface area contributed by atoms with Crippen molar-refractivity contribution in [2.24, 2.45) is 4.99 Å². The van der Waals surface area contributed by atoms with E-state index in [2.05, 4.69) is 35.6 Å². The molecule has 0 atom stereocenters. The molecule has 0 amide bonds. The van der Waals surface area contributed by atoms with Crippen molar-refractivity contribution in [1.82, 2.24) is 5.32 Å². The third-order valence-electron chi connectivity index (χ3n) is 0.935. The van der Waals surface area contributed by atoms with E-state index in [1.54, 1.807) is 0 Å². The first-order chi connectivity index (χ1) is 5.31. The largest absolute Gasteiger partial charge is 2.00 e. The molecule has 1 N–H and O–H groups in total. The average Bonchev–Trinajstić information content (AvgIpc) is 2.01. The standard InChI is InChI=1S/C6H14N2OS2.K.Ni/c9-6(8-2-4-11)5-7-1-3-10;;/h7,10-11H,1-5H2,(H,8,9);;/q;+1;+2/p-3. The van der Waals surface area contributed by atoms with Gasteiger partial charge in [-0.15, -0.1) is 0 Å². The van der Waals surface area contributed by atoms with E-state index in [0.29, 0.717) is 24.6 Å². The minimum atomic E-state index is -0.140. The van der Waals surface area contributed by atoms with Gasteiger partial charge >= 0.3 is 67.9 Å². The summed E-state index contributed by atoms with van der Waals surface area (Å²) >= 11 is 9.29. The van der Waals surface area contributed by atoms with Gasteiger partial charge in [0.2, 0.25) is 0 Å². The van der Waals surface area contributed by atoms with E-state index in [1.807, 2.05) is 0 Å². The summed E-state index contributed by atoms with van der Waals surface area (Å²) in [5.74, 6) is 0.986. The molecule has 7 heteroatoms. The van der Waals surface area contributed by atoms with Gasteiger partial charge in [0.1, 0.15) is 0 Å². The first-order valence-corrected chi connectivity index (χ1v) is 4.54. The van der Waals surface area contributed by atoms with Crippen molar-refractivity contribution in [2.45, 2.75) is 0 Å². The summed E-state index contributed by atoms with van der Waals surface area (Å²) < 4.78 is 0. The van der Waals surface area contributed by atoms with Crippen LogP contribution >= 0.6 is 0 Å². The number of nitrogens with zero attached hydrogens (tertiary/aromatic N) is 1. The van der Waals surface area contributed by atoms with Crippen LogP contribution in [0.2, 0.25) is 0 Å². The van der Waals surface area contributed by atoms with Crippen LogP contribution in [0.1, 0.15) is 0 Å². The van der Waals surface area contributed by atoms with E-state index >= 15 is 0 Å². The van der Waals surface area contributed by atoms with Crippen molar-refractivity contribution < 1.29 is 73.0 Å². The molecule has 0 saturated carbocycles. The van der Waals surface area contributed by atoms with Crippen molar-refractivity contribution in [3.8, 4) is 0 Å². The Hall–Kier alpha value is 2.26. The molecule has 0 saturated heterocycles. The zero-order valence-corrected chi connectivity index (χ0v) is 13.3. The summed E-state index contributed by atoms with van der Waals surface area (Å²) in [6.07, 6.45) is 0. The van der Waals surface area contributed by atoms with Crippen LogP contribution in [0.5, 0.6) is 0 Å². The van der Waals surface area contributed by atoms with Gasteiger partial charge in [-0.05, 0) is 12.4 Å². The Morgan fingerprint density at radius 1 is 1.31 bits per heavy atom. The third kappa shape index (κ3) is 16.9. The SMILES string of the molecule is [K+].[Ni+2].[O-]C(CNCC[S-])=NCC[S-]. The predicted octanol–water partition coefficient (Wildman–Crippen LogP) is -4.57. The maximum atomic E-state index is 10.8. The van der Waals surface area contributed by atoms with Crippen molar-refractivity contribution >= 4 is 31.2 Å². The number of rotatable bonds is 6. The van der Waals surface area contributed by atoms with Gasteiger partial charge in [-0.1, -0.05) is 0 Å². The summed E-state index contributed by atoms with van der Waals surface area (Å²) in [5, 5.41) is 13.6. The number of nitrogens with one attached hydrogen (secondary N) is 1. The van der Waals surface area contributed by atoms with E-state index < -0.39 is 0 Å². The molecule has 13 heavy (non-hydrogen) atoms. The number of hydrogen-bond donors (Lipinski definition) is 1. The molecule has 3 nitrogen and oxygen atoms in total. The smallest absolute Gasteiger partial charge is 0.861 e. The molecule has 0 aliphatic carbocycles. The van der Waals surface area contributed by atoms with E-state index in [4.69, 9.17) is 0 Å². The zero-order chi connectivity index (χ0) is 8.53. The summed E-state index contributed by atoms with van der Waals surface area (Å²) in [6.45, 7) is 1.42. The van der Waals surface area contributed by atoms with Gasteiger partial charge in [-0.2, -0.15) is 11.5 Å². The van der Waals surface area contributed by atoms with Crippen LogP contribution in [-0.4, -0.2) is 37.0 Å². The Bertz CT molecular complexity index is 129. The fraction of sp³-hybridized carbons (Fsp3) is 0.833. The van der Waals surface area contributed by atoms with Crippen LogP contribution in [0.25, 0.3) is 0 Å². The van der Waals surface area contributed by atoms with Gasteiger partial charge in [0, 0.05) is 13.1 Å². The van der Waals surface area contributed by atoms with Gasteiger partial charge in [-0.25, -0.2) is 0 Å². The molecule has 0 aliphatic rings. The van der Waals surface area contributed by atoms with Gasteiger partial charge in [0.15, 0.2) is 0 Å². The molecular formula is C6H11KN2NiOS2. The monoisotopic (exact) mass is 288 g/mol. The van der Waals surface area contributed by atoms with E-state index in [0.717, 1.165) is 0 Å². The van der Waals surface area contributed by atoms with Gasteiger partial charge in [0.25, 0.3) is 0 Å². The van der Waals surface area contributed by atoms with Crippen LogP contribution in [0.4, 0.5) is 0 Å². The van der Waals surface area contributed by atoms with Crippen LogP contribution in [-0.2, 0) is 41.7 Å². The normalized spacial score (nSPS) is 10.2. The minimum absolute atomic E-state index is 0. The maximum absolute atomic E-state index is 10.8. The molecule has 0 heterocycles. The molecule has 0 aliphatic heterocycles. The van der Waals surface area contributed by atoms with E-state index in [1.165, 1.54) is 0 Å². The molecule has 0 radical (unpaired) electrons. The third-order valence-corrected chi connectivity index (χ3v) is 1.32. The molecule has 0 aromatic rings. The number of hydrogen-bond acceptors (Lipinski definition) is 5. The van der Waals surface area contributed by atoms with Crippen LogP contribution in [0.3, 0.4) is 0 Å². The minimum Gasteiger partial charge on any atom is -0.861 e. The van der Waals surface area contributed by atoms with Crippen molar-refractivity contribution in [1.29, 1.82) is 0 Å². The van der Waals surface area contributed by atoms with Gasteiger partial charge in [-0.3, -0.25) is 0 Å². The molecule has 0 aromatic heterocycles. The summed E-state index contributed by atoms with van der Waals surface area (Å²) in [5.41, 5.74) is 0. The fourth-order valence-corrected chi connectivity index (χ4v) is 0.729. The predicted molar refractivity (Wildman–Crippen MR) is 49.6 cm³/mol. The molecule has 0 rings (SSSR count). The molecule has 0 bridgehead atoms. The first-order valence-electron chi connectivity index (χ1n) is 3.38. The molecule has 74 valence electrons. The molecule has 0 fully saturated rings. The van der Waals surface area contributed by atoms with E-state index in [9.17, 15) is 5.11 Å². The Kier molecular flexibility index (Phi) is 26.5. The zero-order valence-electron chi connectivity index (χ0n) is 7.52. The molecule has 0 aromatic carbocycles. The van der Waals surface area contributed by atoms with Gasteiger partial charge in [0.05, 0.1) is 0 Å². The Labute approximate surface area is 143 Å². The second-order valence-electron chi connectivity index (χ2n) is 1.86. The van der Waals surface area contributed by atoms with Crippen LogP contribution in [0, 0.1) is 0 Å². The summed E-state index contributed by atoms with van der Waals surface area (Å²) in [7, 11) is 0. The second-order valence-corrected chi connectivity index (χ2v) is 2.68.